The summed E-state index contributed by atoms with van der Waals surface area (Å²) < 4.78 is 0. The Hall–Kier alpha value is -0.610. The van der Waals surface area contributed by atoms with E-state index < -0.39 is 5.97 Å². The van der Waals surface area contributed by atoms with E-state index in [2.05, 4.69) is 16.7 Å². The third kappa shape index (κ3) is 3.42. The van der Waals surface area contributed by atoms with Gasteiger partial charge in [0.1, 0.15) is 0 Å². The number of hydrogen-bond acceptors (Lipinski definition) is 3. The standard InChI is InChI=1S/C13H24N2O2/c1-11(4-5-13(16)17)15-9-6-12(10-15)14-7-2-3-8-14/h11-12H,2-10H2,1H3,(H,16,17). The lowest BCUT2D eigenvalue weighted by molar-refractivity contribution is -0.137. The maximum Gasteiger partial charge on any atom is 0.303 e. The van der Waals surface area contributed by atoms with E-state index in [1.54, 1.807) is 0 Å². The van der Waals surface area contributed by atoms with E-state index in [1.807, 2.05) is 0 Å². The molecule has 98 valence electrons. The average molecular weight is 240 g/mol. The third-order valence-corrected chi connectivity index (χ3v) is 4.25. The van der Waals surface area contributed by atoms with Crippen molar-refractivity contribution in [2.45, 2.75) is 51.1 Å². The Labute approximate surface area is 104 Å². The highest BCUT2D eigenvalue weighted by molar-refractivity contribution is 5.66. The smallest absolute Gasteiger partial charge is 0.303 e. The van der Waals surface area contributed by atoms with E-state index in [1.165, 1.54) is 32.4 Å². The molecule has 2 heterocycles. The van der Waals surface area contributed by atoms with Gasteiger partial charge in [-0.3, -0.25) is 14.6 Å². The molecule has 1 N–H and O–H groups in total. The van der Waals surface area contributed by atoms with Crippen molar-refractivity contribution in [2.75, 3.05) is 26.2 Å². The topological polar surface area (TPSA) is 43.8 Å². The maximum atomic E-state index is 10.6. The van der Waals surface area contributed by atoms with Gasteiger partial charge in [0.25, 0.3) is 0 Å². The van der Waals surface area contributed by atoms with E-state index in [4.69, 9.17) is 5.11 Å². The zero-order valence-electron chi connectivity index (χ0n) is 10.8. The third-order valence-electron chi connectivity index (χ3n) is 4.25. The minimum Gasteiger partial charge on any atom is -0.481 e. The first-order chi connectivity index (χ1) is 8.16. The first-order valence-electron chi connectivity index (χ1n) is 6.86. The minimum atomic E-state index is -0.674. The highest BCUT2D eigenvalue weighted by Gasteiger charge is 2.31. The molecule has 0 radical (unpaired) electrons. The first kappa shape index (κ1) is 12.8. The second-order valence-electron chi connectivity index (χ2n) is 5.46. The van der Waals surface area contributed by atoms with Crippen LogP contribution >= 0.6 is 0 Å². The quantitative estimate of drug-likeness (QED) is 0.789. The molecule has 2 aliphatic heterocycles. The van der Waals surface area contributed by atoms with Crippen molar-refractivity contribution in [3.8, 4) is 0 Å². The molecule has 0 aromatic rings. The van der Waals surface area contributed by atoms with Crippen LogP contribution in [0.3, 0.4) is 0 Å². The zero-order chi connectivity index (χ0) is 12.3. The van der Waals surface area contributed by atoms with Crippen molar-refractivity contribution >= 4 is 5.97 Å². The van der Waals surface area contributed by atoms with Crippen LogP contribution in [0.5, 0.6) is 0 Å². The molecule has 0 aromatic carbocycles. The summed E-state index contributed by atoms with van der Waals surface area (Å²) >= 11 is 0. The van der Waals surface area contributed by atoms with Gasteiger partial charge in [0.15, 0.2) is 0 Å². The van der Waals surface area contributed by atoms with E-state index >= 15 is 0 Å². The number of nitrogens with zero attached hydrogens (tertiary/aromatic N) is 2. The van der Waals surface area contributed by atoms with Gasteiger partial charge in [0.05, 0.1) is 0 Å². The molecule has 0 bridgehead atoms. The molecule has 2 saturated heterocycles. The number of rotatable bonds is 5. The Bertz CT molecular complexity index is 264. The van der Waals surface area contributed by atoms with Gasteiger partial charge in [-0.15, -0.1) is 0 Å². The van der Waals surface area contributed by atoms with Gasteiger partial charge >= 0.3 is 5.97 Å². The normalized spacial score (nSPS) is 28.6. The summed E-state index contributed by atoms with van der Waals surface area (Å²) in [6.45, 7) is 6.97. The number of hydrogen-bond donors (Lipinski definition) is 1. The molecule has 0 aliphatic carbocycles. The van der Waals surface area contributed by atoms with Crippen LogP contribution in [0.15, 0.2) is 0 Å². The summed E-state index contributed by atoms with van der Waals surface area (Å²) in [6.07, 6.45) is 5.04. The Balaban J connectivity index is 1.74. The summed E-state index contributed by atoms with van der Waals surface area (Å²) in [6, 6.07) is 1.14. The number of likely N-dealkylation sites (tertiary alicyclic amines) is 2. The summed E-state index contributed by atoms with van der Waals surface area (Å²) in [7, 11) is 0. The van der Waals surface area contributed by atoms with Crippen molar-refractivity contribution in [1.82, 2.24) is 9.80 Å². The predicted octanol–water partition coefficient (Wildman–Crippen LogP) is 1.41. The molecule has 4 nitrogen and oxygen atoms in total. The Morgan fingerprint density at radius 3 is 2.71 bits per heavy atom. The number of carboxylic acids is 1. The lowest BCUT2D eigenvalue weighted by atomic mass is 10.1. The van der Waals surface area contributed by atoms with Gasteiger partial charge in [-0.1, -0.05) is 0 Å². The van der Waals surface area contributed by atoms with Crippen LogP contribution in [-0.2, 0) is 4.79 Å². The van der Waals surface area contributed by atoms with Gasteiger partial charge in [-0.2, -0.15) is 0 Å². The lowest BCUT2D eigenvalue weighted by Crippen LogP contribution is -2.38. The number of aliphatic carboxylic acids is 1. The fraction of sp³-hybridized carbons (Fsp3) is 0.923. The van der Waals surface area contributed by atoms with Crippen LogP contribution in [0.1, 0.15) is 39.0 Å². The van der Waals surface area contributed by atoms with E-state index in [9.17, 15) is 4.79 Å². The molecule has 2 atom stereocenters. The van der Waals surface area contributed by atoms with E-state index in [0.717, 1.165) is 25.6 Å². The monoisotopic (exact) mass is 240 g/mol. The van der Waals surface area contributed by atoms with Crippen molar-refractivity contribution < 1.29 is 9.90 Å². The SMILES string of the molecule is CC(CCC(=O)O)N1CCC(N2CCCC2)C1. The minimum absolute atomic E-state index is 0.298. The molecule has 2 fully saturated rings. The fourth-order valence-corrected chi connectivity index (χ4v) is 3.09. The van der Waals surface area contributed by atoms with Gasteiger partial charge in [-0.05, 0) is 45.7 Å². The summed E-state index contributed by atoms with van der Waals surface area (Å²) in [5, 5.41) is 8.70. The molecule has 4 heteroatoms. The van der Waals surface area contributed by atoms with Crippen LogP contribution in [0.25, 0.3) is 0 Å². The molecule has 0 amide bonds. The summed E-state index contributed by atoms with van der Waals surface area (Å²) in [4.78, 5) is 15.6. The highest BCUT2D eigenvalue weighted by atomic mass is 16.4. The number of carboxylic acid groups (broad SMARTS) is 1. The second kappa shape index (κ2) is 5.83. The lowest BCUT2D eigenvalue weighted by Gasteiger charge is -2.26. The molecule has 2 aliphatic rings. The second-order valence-corrected chi connectivity index (χ2v) is 5.46. The number of carbonyl (C=O) groups is 1. The van der Waals surface area contributed by atoms with E-state index in [0.29, 0.717) is 12.5 Å². The largest absolute Gasteiger partial charge is 0.481 e. The first-order valence-corrected chi connectivity index (χ1v) is 6.86. The van der Waals surface area contributed by atoms with Crippen LogP contribution in [0.2, 0.25) is 0 Å². The van der Waals surface area contributed by atoms with Crippen LogP contribution < -0.4 is 0 Å². The Morgan fingerprint density at radius 2 is 2.06 bits per heavy atom. The molecular formula is C13H24N2O2. The van der Waals surface area contributed by atoms with Crippen molar-refractivity contribution in [1.29, 1.82) is 0 Å². The molecule has 17 heavy (non-hydrogen) atoms. The highest BCUT2D eigenvalue weighted by Crippen LogP contribution is 2.22. The molecule has 0 aromatic heterocycles. The summed E-state index contributed by atoms with van der Waals surface area (Å²) in [5.41, 5.74) is 0. The zero-order valence-corrected chi connectivity index (χ0v) is 10.8. The summed E-state index contributed by atoms with van der Waals surface area (Å²) in [5.74, 6) is -0.674. The Morgan fingerprint density at radius 1 is 1.35 bits per heavy atom. The molecule has 0 saturated carbocycles. The molecular weight excluding hydrogens is 216 g/mol. The Kier molecular flexibility index (Phi) is 4.40. The van der Waals surface area contributed by atoms with Gasteiger partial charge in [-0.25, -0.2) is 0 Å². The van der Waals surface area contributed by atoms with Crippen LogP contribution in [0.4, 0.5) is 0 Å². The fourth-order valence-electron chi connectivity index (χ4n) is 3.09. The van der Waals surface area contributed by atoms with Crippen LogP contribution in [-0.4, -0.2) is 59.1 Å². The van der Waals surface area contributed by atoms with Gasteiger partial charge < -0.3 is 5.11 Å². The van der Waals surface area contributed by atoms with Crippen molar-refractivity contribution in [3.63, 3.8) is 0 Å². The van der Waals surface area contributed by atoms with Gasteiger partial charge in [0, 0.05) is 31.6 Å². The van der Waals surface area contributed by atoms with Crippen molar-refractivity contribution in [2.24, 2.45) is 0 Å². The maximum absolute atomic E-state index is 10.6. The average Bonchev–Trinajstić information content (AvgIpc) is 2.94. The van der Waals surface area contributed by atoms with Crippen LogP contribution in [0, 0.1) is 0 Å². The van der Waals surface area contributed by atoms with Gasteiger partial charge in [0.2, 0.25) is 0 Å². The predicted molar refractivity (Wildman–Crippen MR) is 67.1 cm³/mol. The van der Waals surface area contributed by atoms with Crippen molar-refractivity contribution in [3.05, 3.63) is 0 Å². The van der Waals surface area contributed by atoms with E-state index in [-0.39, 0.29) is 0 Å². The molecule has 2 rings (SSSR count). The molecule has 0 spiro atoms. The molecule has 2 unspecified atom stereocenters.